The Kier molecular flexibility index (Phi) is 35.8. The van der Waals surface area contributed by atoms with Crippen LogP contribution in [0.2, 0.25) is 0 Å². The summed E-state index contributed by atoms with van der Waals surface area (Å²) >= 11 is 0.836. The predicted octanol–water partition coefficient (Wildman–Crippen LogP) is 2.97. The van der Waals surface area contributed by atoms with E-state index >= 15 is 24.0 Å². The Labute approximate surface area is 713 Å². The van der Waals surface area contributed by atoms with Gasteiger partial charge in [0.15, 0.2) is 0 Å². The van der Waals surface area contributed by atoms with Gasteiger partial charge in [0.2, 0.25) is 82.7 Å². The van der Waals surface area contributed by atoms with Gasteiger partial charge in [-0.25, -0.2) is 0 Å². The molecule has 32 nitrogen and oxygen atoms in total. The maximum Gasteiger partial charge on any atom is 0.245 e. The van der Waals surface area contributed by atoms with Gasteiger partial charge in [-0.05, 0) is 119 Å². The molecule has 14 amide bonds. The van der Waals surface area contributed by atoms with Gasteiger partial charge in [-0.15, -0.1) is 11.8 Å². The minimum absolute atomic E-state index is 0.0181. The number of thioether (sulfide) groups is 1. The van der Waals surface area contributed by atoms with Gasteiger partial charge in [-0.1, -0.05) is 171 Å². The molecule has 11 atom stereocenters. The van der Waals surface area contributed by atoms with Crippen molar-refractivity contribution in [3.05, 3.63) is 197 Å². The molecule has 652 valence electrons. The maximum absolute atomic E-state index is 15.7. The molecule has 0 radical (unpaired) electrons. The highest BCUT2D eigenvalue weighted by Gasteiger charge is 2.40. The van der Waals surface area contributed by atoms with E-state index in [4.69, 9.17) is 5.73 Å². The molecular formula is C89H113N15O17S. The molecule has 8 rings (SSSR count). The summed E-state index contributed by atoms with van der Waals surface area (Å²) in [5.41, 5.74) is 9.13. The number of rotatable bonds is 22. The van der Waals surface area contributed by atoms with E-state index in [1.807, 2.05) is 0 Å². The smallest absolute Gasteiger partial charge is 0.245 e. The van der Waals surface area contributed by atoms with E-state index in [1.165, 1.54) is 79.8 Å². The molecule has 2 heterocycles. The van der Waals surface area contributed by atoms with Crippen molar-refractivity contribution in [2.75, 3.05) is 31.6 Å². The monoisotopic (exact) mass is 1700 g/mol. The number of aromatic nitrogens is 1. The molecule has 1 fully saturated rings. The number of carbonyl (C=O) groups excluding carboxylic acids is 14. The fourth-order valence-corrected chi connectivity index (χ4v) is 14.8. The second kappa shape index (κ2) is 46.1. The Balaban J connectivity index is 1.21. The van der Waals surface area contributed by atoms with Gasteiger partial charge in [0.25, 0.3) is 0 Å². The summed E-state index contributed by atoms with van der Waals surface area (Å²) in [6.07, 6.45) is 0.298. The molecule has 0 saturated carbocycles. The molecule has 1 aliphatic rings. The highest BCUT2D eigenvalue weighted by Crippen LogP contribution is 2.23. The molecule has 122 heavy (non-hydrogen) atoms. The molecule has 33 heteroatoms. The fourth-order valence-electron chi connectivity index (χ4n) is 14.0. The molecule has 18 N–H and O–H groups in total. The van der Waals surface area contributed by atoms with E-state index in [9.17, 15) is 58.5 Å². The second-order valence-electron chi connectivity index (χ2n) is 32.2. The summed E-state index contributed by atoms with van der Waals surface area (Å²) in [6.45, 7) is 12.5. The number of hydrogen-bond donors (Lipinski definition) is 17. The zero-order chi connectivity index (χ0) is 88.9. The van der Waals surface area contributed by atoms with E-state index in [0.29, 0.717) is 44.3 Å². The first-order chi connectivity index (χ1) is 58.0. The molecule has 0 spiro atoms. The Hall–Kier alpha value is -12.8. The van der Waals surface area contributed by atoms with Crippen LogP contribution in [0.3, 0.4) is 0 Å². The van der Waals surface area contributed by atoms with E-state index in [0.717, 1.165) is 16.7 Å². The Morgan fingerprint density at radius 1 is 0.426 bits per heavy atom. The Bertz CT molecular complexity index is 4760. The lowest BCUT2D eigenvalue weighted by atomic mass is 9.98. The summed E-state index contributed by atoms with van der Waals surface area (Å²) < 4.78 is 0. The average molecular weight is 1700 g/mol. The van der Waals surface area contributed by atoms with Gasteiger partial charge < -0.3 is 94.7 Å². The minimum atomic E-state index is -1.56. The molecular weight excluding hydrogens is 1580 g/mol. The van der Waals surface area contributed by atoms with Crippen molar-refractivity contribution in [2.24, 2.45) is 29.4 Å². The highest BCUT2D eigenvalue weighted by molar-refractivity contribution is 8.00. The quantitative estimate of drug-likeness (QED) is 0.0464. The van der Waals surface area contributed by atoms with Crippen molar-refractivity contribution in [1.29, 1.82) is 0 Å². The van der Waals surface area contributed by atoms with Crippen molar-refractivity contribution >= 4 is 105 Å². The number of nitrogens with two attached hydrogens (primary N) is 1. The van der Waals surface area contributed by atoms with Crippen LogP contribution in [0.4, 0.5) is 0 Å². The van der Waals surface area contributed by atoms with E-state index in [-0.39, 0.29) is 98.5 Å². The number of aromatic amines is 1. The van der Waals surface area contributed by atoms with E-state index in [1.54, 1.807) is 147 Å². The SMILES string of the molecule is CC(C)C[C@@H]1NC(=O)[C@H](Cc2ccc(O)cc2)NC(=O)[C@H](C(C)C)NC(=O)[C@H](CC(C)C)NC(=O)[C@H](Cc2ccc(O)cc2)NC(=O)[C@H](Cc2ccccc2)NC(=O)CSC[C@@H](C(=O)NCC(N)=O)NC(=O)[C@H](CC(C)C)NC(=O)[C@H](Cc2ccccc2)N(C)C(=O)[C@H](Cc2ccc(O)cc2)NC(=O)[C@H](Cc2c[nH]c3ccccc23)NC(=O)CNC1=O. The summed E-state index contributed by atoms with van der Waals surface area (Å²) in [5, 5.41) is 64.4. The number of hydrogen-bond acceptors (Lipinski definition) is 18. The van der Waals surface area contributed by atoms with Crippen molar-refractivity contribution in [1.82, 2.24) is 73.7 Å². The number of likely N-dealkylation sites (N-methyl/N-ethyl adjacent to an activating group) is 1. The number of H-pyrrole nitrogens is 1. The lowest BCUT2D eigenvalue weighted by Gasteiger charge is -2.33. The van der Waals surface area contributed by atoms with E-state index in [2.05, 4.69) is 68.8 Å². The number of carbonyl (C=O) groups is 14. The van der Waals surface area contributed by atoms with Gasteiger partial charge in [0.1, 0.15) is 83.7 Å². The van der Waals surface area contributed by atoms with Crippen LogP contribution in [-0.4, -0.2) is 206 Å². The van der Waals surface area contributed by atoms with Crippen molar-refractivity contribution in [2.45, 2.75) is 180 Å². The predicted molar refractivity (Wildman–Crippen MR) is 459 cm³/mol. The molecule has 7 aromatic rings. The summed E-state index contributed by atoms with van der Waals surface area (Å²) in [5.74, 6) is -15.0. The third kappa shape index (κ3) is 29.9. The number of fused-ring (bicyclic) bond motifs is 1. The third-order valence-corrected chi connectivity index (χ3v) is 21.4. The lowest BCUT2D eigenvalue weighted by molar-refractivity contribution is -0.143. The molecule has 0 unspecified atom stereocenters. The van der Waals surface area contributed by atoms with Gasteiger partial charge in [0, 0.05) is 68.4 Å². The zero-order valence-electron chi connectivity index (χ0n) is 69.9. The molecule has 0 bridgehead atoms. The number of nitrogens with one attached hydrogen (secondary N) is 13. The first-order valence-electron chi connectivity index (χ1n) is 40.7. The summed E-state index contributed by atoms with van der Waals surface area (Å²) in [7, 11) is 1.34. The summed E-state index contributed by atoms with van der Waals surface area (Å²) in [4.78, 5) is 211. The minimum Gasteiger partial charge on any atom is -0.508 e. The van der Waals surface area contributed by atoms with Crippen molar-refractivity contribution in [3.63, 3.8) is 0 Å². The van der Waals surface area contributed by atoms with Gasteiger partial charge in [-0.2, -0.15) is 0 Å². The number of phenolic OH excluding ortho intramolecular Hbond substituents is 3. The molecule has 6 aromatic carbocycles. The van der Waals surface area contributed by atoms with Gasteiger partial charge in [0.05, 0.1) is 18.8 Å². The van der Waals surface area contributed by atoms with Crippen molar-refractivity contribution < 1.29 is 82.4 Å². The number of phenols is 3. The van der Waals surface area contributed by atoms with Crippen LogP contribution >= 0.6 is 11.8 Å². The Morgan fingerprint density at radius 3 is 1.30 bits per heavy atom. The number of benzene rings is 6. The van der Waals surface area contributed by atoms with Crippen LogP contribution in [0.25, 0.3) is 10.9 Å². The molecule has 1 saturated heterocycles. The normalized spacial score (nSPS) is 22.0. The van der Waals surface area contributed by atoms with E-state index < -0.39 is 174 Å². The zero-order valence-corrected chi connectivity index (χ0v) is 70.7. The summed E-state index contributed by atoms with van der Waals surface area (Å²) in [6, 6.07) is 25.5. The fraction of sp³-hybridized carbons (Fsp3) is 0.416. The van der Waals surface area contributed by atoms with Crippen LogP contribution < -0.4 is 69.5 Å². The number of aromatic hydroxyl groups is 3. The largest absolute Gasteiger partial charge is 0.508 e. The van der Waals surface area contributed by atoms with Crippen LogP contribution in [-0.2, 0) is 106 Å². The standard InChI is InChI=1S/C89H113N15O17S/c1-50(2)36-65-79(111)93-47-76(109)94-71(44-59-45-91-64-23-17-16-22-63(59)64)85(117)101-72(42-58-28-34-62(107)35-29-58)89(121)104(9)74(43-55-20-14-11-15-21-55)87(119)99-66(37-51(3)4)81(113)102-73(80(112)92-46-75(90)108)48-122-49-77(110)95-68(39-54-18-12-10-13-19-54)82(114)98-69(40-56-24-30-60(105)31-25-56)83(115)97-67(38-52(5)6)86(118)103-78(53(7)8)88(120)100-70(84(116)96-65)41-57-26-32-61(106)33-27-57/h10-35,45,50-53,65-74,78,91,105-107H,36-44,46-49H2,1-9H3,(H2,90,108)(H,92,112)(H,93,111)(H,94,109)(H,95,110)(H,96,116)(H,97,115)(H,98,114)(H,99,119)(H,100,120)(H,101,117)(H,102,113)(H,103,118)/t65-,66-,67-,68-,69-,70-,71-,72-,73-,74-,78-/m0/s1. The number of amides is 14. The highest BCUT2D eigenvalue weighted by atomic mass is 32.2. The van der Waals surface area contributed by atoms with Gasteiger partial charge >= 0.3 is 0 Å². The van der Waals surface area contributed by atoms with Crippen LogP contribution in [0.15, 0.2) is 164 Å². The Morgan fingerprint density at radius 2 is 0.811 bits per heavy atom. The van der Waals surface area contributed by atoms with Crippen molar-refractivity contribution in [3.8, 4) is 17.2 Å². The third-order valence-electron chi connectivity index (χ3n) is 20.4. The maximum atomic E-state index is 15.7. The number of nitrogens with zero attached hydrogens (tertiary/aromatic N) is 1. The van der Waals surface area contributed by atoms with Crippen LogP contribution in [0.1, 0.15) is 108 Å². The first kappa shape index (κ1) is 94.7. The molecule has 1 aromatic heterocycles. The average Bonchev–Trinajstić information content (AvgIpc) is 0.897. The second-order valence-corrected chi connectivity index (χ2v) is 33.3. The lowest BCUT2D eigenvalue weighted by Crippen LogP contribution is -2.61. The van der Waals surface area contributed by atoms with Crippen LogP contribution in [0, 0.1) is 23.7 Å². The molecule has 1 aliphatic heterocycles. The topological polar surface area (TPSA) is 489 Å². The number of primary amides is 1. The first-order valence-corrected chi connectivity index (χ1v) is 41.9. The number of para-hydroxylation sites is 1. The molecule has 0 aliphatic carbocycles. The van der Waals surface area contributed by atoms with Crippen LogP contribution in [0.5, 0.6) is 17.2 Å². The van der Waals surface area contributed by atoms with Gasteiger partial charge in [-0.3, -0.25) is 67.1 Å².